The van der Waals surface area contributed by atoms with Gasteiger partial charge in [0.05, 0.1) is 22.5 Å². The van der Waals surface area contributed by atoms with Crippen LogP contribution >= 0.6 is 11.3 Å². The first-order valence-electron chi connectivity index (χ1n) is 9.10. The van der Waals surface area contributed by atoms with Crippen LogP contribution in [-0.4, -0.2) is 33.0 Å². The summed E-state index contributed by atoms with van der Waals surface area (Å²) in [5, 5.41) is 15.4. The summed E-state index contributed by atoms with van der Waals surface area (Å²) in [6.07, 6.45) is -1.45. The van der Waals surface area contributed by atoms with Gasteiger partial charge in [0.1, 0.15) is 6.10 Å². The molecule has 2 atom stereocenters. The monoisotopic (exact) mass is 421 g/mol. The molecule has 0 radical (unpaired) electrons. The fourth-order valence-corrected chi connectivity index (χ4v) is 4.44. The Kier molecular flexibility index (Phi) is 5.21. The molecular formula is C21H19N5O3S. The number of nitrogens with zero attached hydrogens (tertiary/aromatic N) is 1. The van der Waals surface area contributed by atoms with Crippen LogP contribution in [0.4, 0.5) is 11.6 Å². The molecule has 0 bridgehead atoms. The summed E-state index contributed by atoms with van der Waals surface area (Å²) < 4.78 is 0. The quantitative estimate of drug-likeness (QED) is 0.324. The van der Waals surface area contributed by atoms with Crippen molar-refractivity contribution in [2.45, 2.75) is 12.0 Å². The number of aromatic amines is 1. The molecule has 8 nitrogen and oxygen atoms in total. The number of aromatic nitrogens is 2. The number of H-pyrrole nitrogens is 1. The lowest BCUT2D eigenvalue weighted by Gasteiger charge is -2.23. The molecule has 0 aliphatic carbocycles. The second kappa shape index (κ2) is 7.97. The standard InChI is InChI=1S/C21H19N5O3S/c22-19(28)13-8-9-30-18(13)16(11-4-2-1-3-5-11)17(27)20(29)24-12-6-7-14-15(10-12)26-21(23)25-14/h1-10,16-17,27H,(H2,22,28)(H,24,29)(H3,23,25,26). The van der Waals surface area contributed by atoms with Gasteiger partial charge in [-0.1, -0.05) is 30.3 Å². The van der Waals surface area contributed by atoms with Gasteiger partial charge in [-0.2, -0.15) is 0 Å². The van der Waals surface area contributed by atoms with Gasteiger partial charge < -0.3 is 26.9 Å². The van der Waals surface area contributed by atoms with Crippen LogP contribution < -0.4 is 16.8 Å². The second-order valence-electron chi connectivity index (χ2n) is 6.74. The Balaban J connectivity index is 1.66. The highest BCUT2D eigenvalue weighted by atomic mass is 32.1. The van der Waals surface area contributed by atoms with Crippen molar-refractivity contribution >= 4 is 45.8 Å². The van der Waals surface area contributed by atoms with E-state index in [9.17, 15) is 14.7 Å². The molecule has 0 spiro atoms. The van der Waals surface area contributed by atoms with Crippen LogP contribution in [0.5, 0.6) is 0 Å². The number of nitrogen functional groups attached to an aromatic ring is 1. The predicted molar refractivity (Wildman–Crippen MR) is 116 cm³/mol. The van der Waals surface area contributed by atoms with Gasteiger partial charge in [-0.25, -0.2) is 4.98 Å². The number of nitrogens with one attached hydrogen (secondary N) is 2. The van der Waals surface area contributed by atoms with E-state index in [1.54, 1.807) is 53.9 Å². The van der Waals surface area contributed by atoms with Gasteiger partial charge >= 0.3 is 0 Å². The summed E-state index contributed by atoms with van der Waals surface area (Å²) in [5.41, 5.74) is 13.9. The summed E-state index contributed by atoms with van der Waals surface area (Å²) in [6, 6.07) is 15.7. The van der Waals surface area contributed by atoms with E-state index in [4.69, 9.17) is 11.5 Å². The molecule has 152 valence electrons. The number of rotatable bonds is 6. The van der Waals surface area contributed by atoms with Crippen molar-refractivity contribution in [2.24, 2.45) is 5.73 Å². The molecule has 0 fully saturated rings. The lowest BCUT2D eigenvalue weighted by molar-refractivity contribution is -0.124. The van der Waals surface area contributed by atoms with Crippen molar-refractivity contribution in [3.63, 3.8) is 0 Å². The maximum Gasteiger partial charge on any atom is 0.254 e. The summed E-state index contributed by atoms with van der Waals surface area (Å²) >= 11 is 1.27. The number of carbonyl (C=O) groups excluding carboxylic acids is 2. The maximum atomic E-state index is 12.9. The molecule has 9 heteroatoms. The van der Waals surface area contributed by atoms with Crippen molar-refractivity contribution in [1.29, 1.82) is 0 Å². The zero-order valence-corrected chi connectivity index (χ0v) is 16.5. The number of benzene rings is 2. The van der Waals surface area contributed by atoms with Gasteiger partial charge in [-0.15, -0.1) is 11.3 Å². The largest absolute Gasteiger partial charge is 0.382 e. The summed E-state index contributed by atoms with van der Waals surface area (Å²) in [7, 11) is 0. The van der Waals surface area contributed by atoms with Crippen LogP contribution in [0.2, 0.25) is 0 Å². The van der Waals surface area contributed by atoms with Crippen LogP contribution in [0.1, 0.15) is 26.7 Å². The third kappa shape index (κ3) is 3.76. The van der Waals surface area contributed by atoms with Crippen molar-refractivity contribution in [2.75, 3.05) is 11.1 Å². The zero-order chi connectivity index (χ0) is 21.3. The summed E-state index contributed by atoms with van der Waals surface area (Å²) in [5.74, 6) is -1.70. The maximum absolute atomic E-state index is 12.9. The second-order valence-corrected chi connectivity index (χ2v) is 7.69. The molecule has 2 aromatic carbocycles. The van der Waals surface area contributed by atoms with Crippen molar-refractivity contribution in [3.8, 4) is 0 Å². The highest BCUT2D eigenvalue weighted by molar-refractivity contribution is 7.10. The molecule has 2 heterocycles. The fraction of sp³-hybridized carbons (Fsp3) is 0.0952. The topological polar surface area (TPSA) is 147 Å². The number of nitrogens with two attached hydrogens (primary N) is 2. The molecule has 0 saturated carbocycles. The van der Waals surface area contributed by atoms with Crippen LogP contribution in [0.3, 0.4) is 0 Å². The van der Waals surface area contributed by atoms with Crippen LogP contribution in [-0.2, 0) is 4.79 Å². The molecule has 2 aromatic heterocycles. The van der Waals surface area contributed by atoms with E-state index in [0.29, 0.717) is 27.2 Å². The molecule has 30 heavy (non-hydrogen) atoms. The van der Waals surface area contributed by atoms with E-state index < -0.39 is 23.8 Å². The first kappa shape index (κ1) is 19.6. The Hall–Kier alpha value is -3.69. The van der Waals surface area contributed by atoms with Gasteiger partial charge in [0.15, 0.2) is 5.95 Å². The lowest BCUT2D eigenvalue weighted by atomic mass is 9.89. The van der Waals surface area contributed by atoms with Crippen LogP contribution in [0.25, 0.3) is 11.0 Å². The van der Waals surface area contributed by atoms with Gasteiger partial charge in [-0.3, -0.25) is 9.59 Å². The molecule has 2 amide bonds. The Morgan fingerprint density at radius 3 is 2.63 bits per heavy atom. The fourth-order valence-electron chi connectivity index (χ4n) is 3.38. The van der Waals surface area contributed by atoms with Crippen molar-refractivity contribution < 1.29 is 14.7 Å². The van der Waals surface area contributed by atoms with Crippen LogP contribution in [0, 0.1) is 0 Å². The number of hydrogen-bond acceptors (Lipinski definition) is 6. The zero-order valence-electron chi connectivity index (χ0n) is 15.7. The third-order valence-electron chi connectivity index (χ3n) is 4.75. The van der Waals surface area contributed by atoms with Crippen LogP contribution in [0.15, 0.2) is 60.0 Å². The SMILES string of the molecule is NC(=O)c1ccsc1C(c1ccccc1)C(O)C(=O)Nc1ccc2nc(N)[nH]c2c1. The number of thiophene rings is 1. The Bertz CT molecular complexity index is 1220. The Labute approximate surface area is 175 Å². The number of carbonyl (C=O) groups is 2. The highest BCUT2D eigenvalue weighted by Gasteiger charge is 2.32. The number of hydrogen-bond donors (Lipinski definition) is 5. The van der Waals surface area contributed by atoms with E-state index in [1.807, 2.05) is 6.07 Å². The number of imidazole rings is 1. The Morgan fingerprint density at radius 2 is 1.90 bits per heavy atom. The summed E-state index contributed by atoms with van der Waals surface area (Å²) in [6.45, 7) is 0. The van der Waals surface area contributed by atoms with E-state index in [1.165, 1.54) is 11.3 Å². The van der Waals surface area contributed by atoms with Gasteiger partial charge in [0, 0.05) is 10.6 Å². The number of anilines is 2. The average molecular weight is 421 g/mol. The molecule has 0 aliphatic heterocycles. The molecule has 7 N–H and O–H groups in total. The highest BCUT2D eigenvalue weighted by Crippen LogP contribution is 2.35. The van der Waals surface area contributed by atoms with Crippen molar-refractivity contribution in [1.82, 2.24) is 9.97 Å². The van der Waals surface area contributed by atoms with Crippen molar-refractivity contribution in [3.05, 3.63) is 76.0 Å². The number of primary amides is 1. The molecule has 4 aromatic rings. The molecule has 0 saturated heterocycles. The van der Waals surface area contributed by atoms with Gasteiger partial charge in [-0.05, 0) is 35.2 Å². The molecule has 4 rings (SSSR count). The van der Waals surface area contributed by atoms with E-state index in [0.717, 1.165) is 0 Å². The minimum atomic E-state index is -1.45. The lowest BCUT2D eigenvalue weighted by Crippen LogP contribution is -2.34. The number of amides is 2. The van der Waals surface area contributed by atoms with E-state index in [2.05, 4.69) is 15.3 Å². The first-order chi connectivity index (χ1) is 14.4. The summed E-state index contributed by atoms with van der Waals surface area (Å²) in [4.78, 5) is 32.3. The minimum absolute atomic E-state index is 0.273. The first-order valence-corrected chi connectivity index (χ1v) is 9.98. The van der Waals surface area contributed by atoms with E-state index >= 15 is 0 Å². The third-order valence-corrected chi connectivity index (χ3v) is 5.75. The van der Waals surface area contributed by atoms with Gasteiger partial charge in [0.2, 0.25) is 5.91 Å². The predicted octanol–water partition coefficient (Wildman–Crippen LogP) is 2.44. The molecule has 0 aliphatic rings. The normalized spacial score (nSPS) is 13.1. The molecular weight excluding hydrogens is 402 g/mol. The van der Waals surface area contributed by atoms with E-state index in [-0.39, 0.29) is 11.5 Å². The Morgan fingerprint density at radius 1 is 1.13 bits per heavy atom. The smallest absolute Gasteiger partial charge is 0.254 e. The minimum Gasteiger partial charge on any atom is -0.382 e. The van der Waals surface area contributed by atoms with Gasteiger partial charge in [0.25, 0.3) is 5.91 Å². The number of aliphatic hydroxyl groups excluding tert-OH is 1. The molecule has 2 unspecified atom stereocenters. The average Bonchev–Trinajstić information content (AvgIpc) is 3.34. The number of aliphatic hydroxyl groups is 1. The number of fused-ring (bicyclic) bond motifs is 1.